The zero-order valence-electron chi connectivity index (χ0n) is 10.4. The van der Waals surface area contributed by atoms with Crippen molar-refractivity contribution in [3.63, 3.8) is 0 Å². The third-order valence-corrected chi connectivity index (χ3v) is 3.23. The highest BCUT2D eigenvalue weighted by Gasteiger charge is 2.26. The normalized spacial score (nSPS) is 19.4. The molecule has 1 fully saturated rings. The van der Waals surface area contributed by atoms with E-state index in [-0.39, 0.29) is 18.5 Å². The lowest BCUT2D eigenvalue weighted by Crippen LogP contribution is -2.41. The molecule has 96 valence electrons. The van der Waals surface area contributed by atoms with E-state index < -0.39 is 0 Å². The average molecular weight is 248 g/mol. The third kappa shape index (κ3) is 2.65. The Balaban J connectivity index is 2.08. The van der Waals surface area contributed by atoms with Crippen LogP contribution < -0.4 is 0 Å². The van der Waals surface area contributed by atoms with Gasteiger partial charge in [-0.25, -0.2) is 0 Å². The van der Waals surface area contributed by atoms with Crippen molar-refractivity contribution in [3.05, 3.63) is 34.1 Å². The molecular formula is C12H16N4O2. The van der Waals surface area contributed by atoms with E-state index in [0.717, 1.165) is 19.4 Å². The standard InChI is InChI=1S/C12H16N4O2/c1-9-4-2-3-7-16(9)12(17)11-6-5-10(18-11)8-14-15-13/h5-6,9H,2-4,7-8H2,1H3. The number of likely N-dealkylation sites (tertiary alicyclic amines) is 1. The largest absolute Gasteiger partial charge is 0.456 e. The Bertz CT molecular complexity index is 476. The molecule has 1 unspecified atom stereocenters. The number of carbonyl (C=O) groups is 1. The minimum Gasteiger partial charge on any atom is -0.456 e. The van der Waals surface area contributed by atoms with Crippen LogP contribution in [0.2, 0.25) is 0 Å². The first-order chi connectivity index (χ1) is 8.72. The van der Waals surface area contributed by atoms with E-state index >= 15 is 0 Å². The highest BCUT2D eigenvalue weighted by molar-refractivity contribution is 5.91. The molecule has 6 heteroatoms. The van der Waals surface area contributed by atoms with Crippen LogP contribution in [0.3, 0.4) is 0 Å². The molecule has 0 radical (unpaired) electrons. The van der Waals surface area contributed by atoms with Gasteiger partial charge in [0.25, 0.3) is 5.91 Å². The van der Waals surface area contributed by atoms with Crippen molar-refractivity contribution in [1.82, 2.24) is 4.90 Å². The maximum Gasteiger partial charge on any atom is 0.289 e. The number of carbonyl (C=O) groups excluding carboxylic acids is 1. The summed E-state index contributed by atoms with van der Waals surface area (Å²) in [5.41, 5.74) is 8.22. The first-order valence-electron chi connectivity index (χ1n) is 6.13. The summed E-state index contributed by atoms with van der Waals surface area (Å²) < 4.78 is 5.39. The second-order valence-electron chi connectivity index (χ2n) is 4.50. The Morgan fingerprint density at radius 1 is 1.61 bits per heavy atom. The van der Waals surface area contributed by atoms with Gasteiger partial charge < -0.3 is 9.32 Å². The molecule has 1 aromatic heterocycles. The van der Waals surface area contributed by atoms with Crippen LogP contribution in [0.15, 0.2) is 21.7 Å². The van der Waals surface area contributed by atoms with Gasteiger partial charge in [0.2, 0.25) is 0 Å². The monoisotopic (exact) mass is 248 g/mol. The van der Waals surface area contributed by atoms with Gasteiger partial charge in [0.1, 0.15) is 5.76 Å². The van der Waals surface area contributed by atoms with Gasteiger partial charge in [0.05, 0.1) is 6.54 Å². The van der Waals surface area contributed by atoms with Crippen LogP contribution in [0.1, 0.15) is 42.5 Å². The van der Waals surface area contributed by atoms with Gasteiger partial charge in [-0.3, -0.25) is 4.79 Å². The van der Waals surface area contributed by atoms with Crippen LogP contribution in [0, 0.1) is 0 Å². The summed E-state index contributed by atoms with van der Waals surface area (Å²) in [6.45, 7) is 2.98. The molecule has 1 aliphatic rings. The van der Waals surface area contributed by atoms with E-state index in [0.29, 0.717) is 11.5 Å². The second-order valence-corrected chi connectivity index (χ2v) is 4.50. The Morgan fingerprint density at radius 3 is 3.17 bits per heavy atom. The van der Waals surface area contributed by atoms with Crippen molar-refractivity contribution in [2.45, 2.75) is 38.8 Å². The molecule has 2 rings (SSSR count). The minimum absolute atomic E-state index is 0.0746. The van der Waals surface area contributed by atoms with E-state index in [1.165, 1.54) is 6.42 Å². The maximum absolute atomic E-state index is 12.2. The van der Waals surface area contributed by atoms with Crippen LogP contribution >= 0.6 is 0 Å². The molecule has 2 heterocycles. The van der Waals surface area contributed by atoms with Gasteiger partial charge in [-0.2, -0.15) is 0 Å². The smallest absolute Gasteiger partial charge is 0.289 e. The van der Waals surface area contributed by atoms with Crippen molar-refractivity contribution in [1.29, 1.82) is 0 Å². The van der Waals surface area contributed by atoms with Crippen molar-refractivity contribution in [2.24, 2.45) is 5.11 Å². The third-order valence-electron chi connectivity index (χ3n) is 3.23. The summed E-state index contributed by atoms with van der Waals surface area (Å²) in [6.07, 6.45) is 3.26. The number of nitrogens with zero attached hydrogens (tertiary/aromatic N) is 4. The number of furan rings is 1. The first kappa shape index (κ1) is 12.5. The van der Waals surface area contributed by atoms with Crippen molar-refractivity contribution < 1.29 is 9.21 Å². The van der Waals surface area contributed by atoms with Crippen LogP contribution in [0.4, 0.5) is 0 Å². The molecule has 0 aromatic carbocycles. The van der Waals surface area contributed by atoms with E-state index in [4.69, 9.17) is 9.95 Å². The fourth-order valence-corrected chi connectivity index (χ4v) is 2.22. The van der Waals surface area contributed by atoms with E-state index in [1.54, 1.807) is 12.1 Å². The number of rotatable bonds is 3. The van der Waals surface area contributed by atoms with Crippen molar-refractivity contribution in [2.75, 3.05) is 6.54 Å². The number of hydrogen-bond acceptors (Lipinski definition) is 3. The molecule has 1 amide bonds. The fraction of sp³-hybridized carbons (Fsp3) is 0.583. The molecule has 0 N–H and O–H groups in total. The summed E-state index contributed by atoms with van der Waals surface area (Å²) in [7, 11) is 0. The maximum atomic E-state index is 12.2. The number of amides is 1. The van der Waals surface area contributed by atoms with Gasteiger partial charge in [0, 0.05) is 17.5 Å². The Hall–Kier alpha value is -1.94. The lowest BCUT2D eigenvalue weighted by Gasteiger charge is -2.32. The molecule has 0 saturated carbocycles. The summed E-state index contributed by atoms with van der Waals surface area (Å²) in [6, 6.07) is 3.58. The molecule has 1 aliphatic heterocycles. The summed E-state index contributed by atoms with van der Waals surface area (Å²) >= 11 is 0. The van der Waals surface area contributed by atoms with Crippen molar-refractivity contribution >= 4 is 5.91 Å². The summed E-state index contributed by atoms with van der Waals surface area (Å²) in [4.78, 5) is 16.7. The molecule has 1 aromatic rings. The number of hydrogen-bond donors (Lipinski definition) is 0. The quantitative estimate of drug-likeness (QED) is 0.467. The SMILES string of the molecule is CC1CCCCN1C(=O)c1ccc(CN=[N+]=[N-])o1. The highest BCUT2D eigenvalue weighted by atomic mass is 16.4. The number of piperidine rings is 1. The predicted molar refractivity (Wildman–Crippen MR) is 65.9 cm³/mol. The molecule has 0 bridgehead atoms. The van der Waals surface area contributed by atoms with Crippen LogP contribution in [-0.2, 0) is 6.54 Å². The fourth-order valence-electron chi connectivity index (χ4n) is 2.22. The molecule has 6 nitrogen and oxygen atoms in total. The van der Waals surface area contributed by atoms with E-state index in [9.17, 15) is 4.79 Å². The lowest BCUT2D eigenvalue weighted by molar-refractivity contribution is 0.0601. The van der Waals surface area contributed by atoms with Crippen molar-refractivity contribution in [3.8, 4) is 0 Å². The van der Waals surface area contributed by atoms with Crippen LogP contribution in [0.25, 0.3) is 10.4 Å². The topological polar surface area (TPSA) is 82.2 Å². The van der Waals surface area contributed by atoms with Crippen LogP contribution in [0.5, 0.6) is 0 Å². The van der Waals surface area contributed by atoms with Crippen LogP contribution in [-0.4, -0.2) is 23.4 Å². The molecule has 1 saturated heterocycles. The lowest BCUT2D eigenvalue weighted by atomic mass is 10.0. The Morgan fingerprint density at radius 2 is 2.44 bits per heavy atom. The van der Waals surface area contributed by atoms with Gasteiger partial charge in [0.15, 0.2) is 5.76 Å². The predicted octanol–water partition coefficient (Wildman–Crippen LogP) is 3.10. The van der Waals surface area contributed by atoms with E-state index in [1.807, 2.05) is 4.90 Å². The molecule has 1 atom stereocenters. The summed E-state index contributed by atoms with van der Waals surface area (Å²) in [5.74, 6) is 0.766. The first-order valence-corrected chi connectivity index (χ1v) is 6.13. The van der Waals surface area contributed by atoms with Gasteiger partial charge in [-0.05, 0) is 43.9 Å². The number of azide groups is 1. The molecule has 18 heavy (non-hydrogen) atoms. The zero-order chi connectivity index (χ0) is 13.0. The van der Waals surface area contributed by atoms with Gasteiger partial charge in [-0.15, -0.1) is 0 Å². The molecule has 0 aliphatic carbocycles. The molecular weight excluding hydrogens is 232 g/mol. The van der Waals surface area contributed by atoms with E-state index in [2.05, 4.69) is 16.9 Å². The average Bonchev–Trinajstić information content (AvgIpc) is 2.85. The van der Waals surface area contributed by atoms with Gasteiger partial charge in [-0.1, -0.05) is 5.11 Å². The Kier molecular flexibility index (Phi) is 3.89. The minimum atomic E-state index is -0.0746. The van der Waals surface area contributed by atoms with Gasteiger partial charge >= 0.3 is 0 Å². The zero-order valence-corrected chi connectivity index (χ0v) is 10.4. The Labute approximate surface area is 105 Å². The summed E-state index contributed by atoms with van der Waals surface area (Å²) in [5, 5.41) is 3.40. The second kappa shape index (κ2) is 5.60. The highest BCUT2D eigenvalue weighted by Crippen LogP contribution is 2.20. The molecule has 0 spiro atoms.